The molecule has 0 aliphatic carbocycles. The van der Waals surface area contributed by atoms with Crippen molar-refractivity contribution in [3.05, 3.63) is 35.2 Å². The lowest BCUT2D eigenvalue weighted by Crippen LogP contribution is -2.43. The van der Waals surface area contributed by atoms with E-state index < -0.39 is 27.6 Å². The molecule has 1 aromatic carbocycles. The van der Waals surface area contributed by atoms with Gasteiger partial charge in [-0.3, -0.25) is 4.79 Å². The number of carbonyl (C=O) groups is 1. The minimum absolute atomic E-state index is 0.145. The fourth-order valence-electron chi connectivity index (χ4n) is 2.78. The summed E-state index contributed by atoms with van der Waals surface area (Å²) in [7, 11) is -3.33. The normalized spacial score (nSPS) is 18.7. The minimum Gasteiger partial charge on any atom is -0.302 e. The van der Waals surface area contributed by atoms with Crippen LogP contribution < -0.4 is 5.32 Å². The molecule has 1 fully saturated rings. The summed E-state index contributed by atoms with van der Waals surface area (Å²) < 4.78 is 51.0. The lowest BCUT2D eigenvalue weighted by molar-refractivity contribution is -0.120. The molecular formula is C16H17F2N3O3S2. The molecule has 1 aromatic heterocycles. The molecule has 1 atom stereocenters. The number of carbonyl (C=O) groups excluding carboxylic acids is 1. The first-order valence-electron chi connectivity index (χ1n) is 7.91. The third-order valence-electron chi connectivity index (χ3n) is 4.17. The van der Waals surface area contributed by atoms with Gasteiger partial charge in [0.2, 0.25) is 15.9 Å². The van der Waals surface area contributed by atoms with Gasteiger partial charge in [-0.2, -0.15) is 0 Å². The van der Waals surface area contributed by atoms with Gasteiger partial charge < -0.3 is 5.32 Å². The smallest absolute Gasteiger partial charge is 0.230 e. The van der Waals surface area contributed by atoms with Crippen molar-refractivity contribution >= 4 is 32.4 Å². The summed E-state index contributed by atoms with van der Waals surface area (Å²) in [4.78, 5) is 16.6. The van der Waals surface area contributed by atoms with Gasteiger partial charge in [-0.1, -0.05) is 0 Å². The van der Waals surface area contributed by atoms with Crippen molar-refractivity contribution < 1.29 is 22.0 Å². The molecule has 2 aromatic rings. The summed E-state index contributed by atoms with van der Waals surface area (Å²) in [5.74, 6) is -2.66. The Hall–Kier alpha value is -1.91. The Morgan fingerprint density at radius 2 is 2.12 bits per heavy atom. The molecule has 0 spiro atoms. The molecule has 6 nitrogen and oxygen atoms in total. The second-order valence-electron chi connectivity index (χ2n) is 6.12. The summed E-state index contributed by atoms with van der Waals surface area (Å²) in [6.45, 7) is 0.562. The van der Waals surface area contributed by atoms with Crippen molar-refractivity contribution in [1.29, 1.82) is 0 Å². The second kappa shape index (κ2) is 7.37. The van der Waals surface area contributed by atoms with Crippen LogP contribution in [0.2, 0.25) is 0 Å². The van der Waals surface area contributed by atoms with Gasteiger partial charge in [-0.25, -0.2) is 26.5 Å². The second-order valence-corrected chi connectivity index (χ2v) is 8.96. The molecule has 1 amide bonds. The van der Waals surface area contributed by atoms with E-state index >= 15 is 0 Å². The van der Waals surface area contributed by atoms with E-state index in [0.29, 0.717) is 35.8 Å². The Balaban J connectivity index is 1.68. The molecule has 3 rings (SSSR count). The van der Waals surface area contributed by atoms with E-state index in [1.165, 1.54) is 10.4 Å². The SMILES string of the molecule is CS(=O)(=O)N1CCCC(C(=O)Nc2nc(-c3ccc(F)c(F)c3)cs2)C1. The average Bonchev–Trinajstić information content (AvgIpc) is 3.05. The first-order valence-corrected chi connectivity index (χ1v) is 10.6. The number of hydrogen-bond donors (Lipinski definition) is 1. The van der Waals surface area contributed by atoms with Gasteiger partial charge in [0.25, 0.3) is 0 Å². The average molecular weight is 401 g/mol. The number of sulfonamides is 1. The van der Waals surface area contributed by atoms with Gasteiger partial charge in [0.1, 0.15) is 0 Å². The fraction of sp³-hybridized carbons (Fsp3) is 0.375. The molecule has 0 saturated carbocycles. The number of halogens is 2. The molecule has 140 valence electrons. The molecule has 1 N–H and O–H groups in total. The largest absolute Gasteiger partial charge is 0.302 e. The Kier molecular flexibility index (Phi) is 5.35. The summed E-state index contributed by atoms with van der Waals surface area (Å²) in [6, 6.07) is 3.47. The Morgan fingerprint density at radius 3 is 2.81 bits per heavy atom. The van der Waals surface area contributed by atoms with Crippen LogP contribution in [0.1, 0.15) is 12.8 Å². The summed E-state index contributed by atoms with van der Waals surface area (Å²) >= 11 is 1.16. The number of nitrogens with one attached hydrogen (secondary N) is 1. The monoisotopic (exact) mass is 401 g/mol. The summed E-state index contributed by atoms with van der Waals surface area (Å²) in [6.07, 6.45) is 2.34. The van der Waals surface area contributed by atoms with Gasteiger partial charge in [0.15, 0.2) is 16.8 Å². The van der Waals surface area contributed by atoms with Crippen LogP contribution in [0.3, 0.4) is 0 Å². The number of thiazole rings is 1. The standard InChI is InChI=1S/C16H17F2N3O3S2/c1-26(23,24)21-6-2-3-11(8-21)15(22)20-16-19-14(9-25-16)10-4-5-12(17)13(18)7-10/h4-5,7,9,11H,2-3,6,8H2,1H3,(H,19,20,22). The molecule has 0 radical (unpaired) electrons. The fourth-order valence-corrected chi connectivity index (χ4v) is 4.42. The zero-order valence-corrected chi connectivity index (χ0v) is 15.5. The van der Waals surface area contributed by atoms with Crippen LogP contribution in [-0.4, -0.2) is 43.0 Å². The highest BCUT2D eigenvalue weighted by atomic mass is 32.2. The van der Waals surface area contributed by atoms with Crippen molar-refractivity contribution in [3.8, 4) is 11.3 Å². The highest BCUT2D eigenvalue weighted by molar-refractivity contribution is 7.88. The maximum absolute atomic E-state index is 13.3. The predicted octanol–water partition coefficient (Wildman–Crippen LogP) is 2.70. The molecule has 0 bridgehead atoms. The molecular weight excluding hydrogens is 384 g/mol. The molecule has 1 aliphatic rings. The van der Waals surface area contributed by atoms with Crippen LogP contribution in [0.15, 0.2) is 23.6 Å². The summed E-state index contributed by atoms with van der Waals surface area (Å²) in [5, 5.41) is 4.64. The lowest BCUT2D eigenvalue weighted by Gasteiger charge is -2.29. The van der Waals surface area contributed by atoms with Gasteiger partial charge in [0.05, 0.1) is 17.9 Å². The first-order chi connectivity index (χ1) is 12.2. The maximum Gasteiger partial charge on any atom is 0.230 e. The maximum atomic E-state index is 13.3. The van der Waals surface area contributed by atoms with E-state index in [1.54, 1.807) is 5.38 Å². The Bertz CT molecular complexity index is 931. The number of benzene rings is 1. The van der Waals surface area contributed by atoms with E-state index in [9.17, 15) is 22.0 Å². The highest BCUT2D eigenvalue weighted by Gasteiger charge is 2.30. The van der Waals surface area contributed by atoms with Crippen molar-refractivity contribution in [1.82, 2.24) is 9.29 Å². The highest BCUT2D eigenvalue weighted by Crippen LogP contribution is 2.27. The molecule has 1 saturated heterocycles. The number of hydrogen-bond acceptors (Lipinski definition) is 5. The number of nitrogens with zero attached hydrogens (tertiary/aromatic N) is 2. The van der Waals surface area contributed by atoms with Crippen LogP contribution in [0, 0.1) is 17.6 Å². The van der Waals surface area contributed by atoms with Crippen LogP contribution >= 0.6 is 11.3 Å². The van der Waals surface area contributed by atoms with Crippen LogP contribution in [0.5, 0.6) is 0 Å². The van der Waals surface area contributed by atoms with E-state index in [-0.39, 0.29) is 12.5 Å². The topological polar surface area (TPSA) is 79.4 Å². The molecule has 2 heterocycles. The van der Waals surface area contributed by atoms with Gasteiger partial charge in [0, 0.05) is 24.0 Å². The number of amides is 1. The van der Waals surface area contributed by atoms with Gasteiger partial charge in [-0.05, 0) is 31.0 Å². The van der Waals surface area contributed by atoms with E-state index in [0.717, 1.165) is 29.7 Å². The van der Waals surface area contributed by atoms with Crippen LogP contribution in [0.4, 0.5) is 13.9 Å². The summed E-state index contributed by atoms with van der Waals surface area (Å²) in [5.41, 5.74) is 0.826. The minimum atomic E-state index is -3.33. The molecule has 26 heavy (non-hydrogen) atoms. The Labute approximate surface area is 153 Å². The van der Waals surface area contributed by atoms with E-state index in [2.05, 4.69) is 10.3 Å². The van der Waals surface area contributed by atoms with Gasteiger partial charge >= 0.3 is 0 Å². The predicted molar refractivity (Wildman–Crippen MR) is 95.2 cm³/mol. The van der Waals surface area contributed by atoms with Crippen LogP contribution in [-0.2, 0) is 14.8 Å². The van der Waals surface area contributed by atoms with Crippen molar-refractivity contribution in [2.45, 2.75) is 12.8 Å². The van der Waals surface area contributed by atoms with Crippen molar-refractivity contribution in [2.24, 2.45) is 5.92 Å². The lowest BCUT2D eigenvalue weighted by atomic mass is 9.99. The molecule has 1 aliphatic heterocycles. The number of aromatic nitrogens is 1. The van der Waals surface area contributed by atoms with Crippen LogP contribution in [0.25, 0.3) is 11.3 Å². The number of rotatable bonds is 4. The molecule has 1 unspecified atom stereocenters. The van der Waals surface area contributed by atoms with Gasteiger partial charge in [-0.15, -0.1) is 11.3 Å². The third kappa shape index (κ3) is 4.25. The molecule has 10 heteroatoms. The van der Waals surface area contributed by atoms with Crippen molar-refractivity contribution in [3.63, 3.8) is 0 Å². The third-order valence-corrected chi connectivity index (χ3v) is 6.20. The van der Waals surface area contributed by atoms with E-state index in [4.69, 9.17) is 0 Å². The number of piperidine rings is 1. The van der Waals surface area contributed by atoms with E-state index in [1.807, 2.05) is 0 Å². The zero-order chi connectivity index (χ0) is 18.9. The zero-order valence-electron chi connectivity index (χ0n) is 13.9. The number of anilines is 1. The van der Waals surface area contributed by atoms with Crippen molar-refractivity contribution in [2.75, 3.05) is 24.7 Å². The quantitative estimate of drug-likeness (QED) is 0.854. The first kappa shape index (κ1) is 18.9. The Morgan fingerprint density at radius 1 is 1.35 bits per heavy atom.